The van der Waals surface area contributed by atoms with Gasteiger partial charge in [-0.15, -0.1) is 11.3 Å². The van der Waals surface area contributed by atoms with Gasteiger partial charge < -0.3 is 0 Å². The minimum atomic E-state index is -3.71. The summed E-state index contributed by atoms with van der Waals surface area (Å²) >= 11 is 1.60. The normalized spacial score (nSPS) is 18.6. The number of carbonyl (C=O) groups excluding carboxylic acids is 2. The molecule has 0 aliphatic carbocycles. The number of rotatable bonds is 4. The average molecular weight is 406 g/mol. The minimum absolute atomic E-state index is 0.0367. The summed E-state index contributed by atoms with van der Waals surface area (Å²) in [5.41, 5.74) is 1.32. The van der Waals surface area contributed by atoms with Crippen molar-refractivity contribution in [3.8, 4) is 0 Å². The predicted octanol–water partition coefficient (Wildman–Crippen LogP) is 0.842. The molecule has 8 nitrogen and oxygen atoms in total. The smallest absolute Gasteiger partial charge is 0.258 e. The van der Waals surface area contributed by atoms with Crippen LogP contribution in [0.15, 0.2) is 28.5 Å². The lowest BCUT2D eigenvalue weighted by Crippen LogP contribution is -2.48. The molecule has 4 rings (SSSR count). The molecule has 2 amide bonds. The first-order valence-electron chi connectivity index (χ1n) is 8.48. The van der Waals surface area contributed by atoms with Gasteiger partial charge >= 0.3 is 0 Å². The van der Waals surface area contributed by atoms with Crippen LogP contribution in [-0.4, -0.2) is 60.6 Å². The highest BCUT2D eigenvalue weighted by Gasteiger charge is 2.32. The third-order valence-electron chi connectivity index (χ3n) is 4.73. The molecule has 0 bridgehead atoms. The number of benzene rings is 1. The zero-order valence-electron chi connectivity index (χ0n) is 14.6. The minimum Gasteiger partial charge on any atom is -0.295 e. The SMILES string of the molecule is Cc1nc(CN2CCN(S(=O)(=O)c3ccc4c(c3)C(=O)NC4=O)CC2)cs1. The fourth-order valence-corrected chi connectivity index (χ4v) is 5.35. The van der Waals surface area contributed by atoms with Gasteiger partial charge in [0.15, 0.2) is 0 Å². The Hall–Kier alpha value is -2.14. The number of aryl methyl sites for hydroxylation is 1. The molecule has 1 aromatic heterocycles. The number of piperazine rings is 1. The molecular weight excluding hydrogens is 388 g/mol. The highest BCUT2D eigenvalue weighted by atomic mass is 32.2. The Morgan fingerprint density at radius 1 is 1.11 bits per heavy atom. The lowest BCUT2D eigenvalue weighted by molar-refractivity contribution is 0.0879. The Balaban J connectivity index is 1.47. The number of hydrogen-bond acceptors (Lipinski definition) is 7. The molecule has 142 valence electrons. The van der Waals surface area contributed by atoms with E-state index in [9.17, 15) is 18.0 Å². The molecule has 1 N–H and O–H groups in total. The number of sulfonamides is 1. The number of thiazole rings is 1. The van der Waals surface area contributed by atoms with Gasteiger partial charge in [0.25, 0.3) is 11.8 Å². The van der Waals surface area contributed by atoms with Crippen molar-refractivity contribution in [3.63, 3.8) is 0 Å². The number of carbonyl (C=O) groups is 2. The summed E-state index contributed by atoms with van der Waals surface area (Å²) in [5, 5.41) is 5.22. The van der Waals surface area contributed by atoms with Gasteiger partial charge in [-0.1, -0.05) is 0 Å². The molecule has 1 aromatic carbocycles. The number of aromatic nitrogens is 1. The van der Waals surface area contributed by atoms with Gasteiger partial charge in [0.1, 0.15) is 0 Å². The van der Waals surface area contributed by atoms with E-state index in [1.807, 2.05) is 12.3 Å². The highest BCUT2D eigenvalue weighted by molar-refractivity contribution is 7.89. The summed E-state index contributed by atoms with van der Waals surface area (Å²) in [6, 6.07) is 4.06. The molecule has 2 aromatic rings. The zero-order chi connectivity index (χ0) is 19.2. The molecular formula is C17H18N4O4S2. The van der Waals surface area contributed by atoms with Crippen LogP contribution in [-0.2, 0) is 16.6 Å². The van der Waals surface area contributed by atoms with Gasteiger partial charge in [0.2, 0.25) is 10.0 Å². The van der Waals surface area contributed by atoms with E-state index in [0.29, 0.717) is 32.7 Å². The van der Waals surface area contributed by atoms with E-state index in [-0.39, 0.29) is 16.0 Å². The molecule has 1 saturated heterocycles. The van der Waals surface area contributed by atoms with Gasteiger partial charge in [0, 0.05) is 38.1 Å². The largest absolute Gasteiger partial charge is 0.295 e. The molecule has 0 radical (unpaired) electrons. The second-order valence-electron chi connectivity index (χ2n) is 6.53. The Morgan fingerprint density at radius 2 is 1.81 bits per heavy atom. The van der Waals surface area contributed by atoms with E-state index in [0.717, 1.165) is 10.7 Å². The van der Waals surface area contributed by atoms with Crippen LogP contribution >= 0.6 is 11.3 Å². The Bertz CT molecular complexity index is 1020. The standard InChI is InChI=1S/C17H18N4O4S2/c1-11-18-12(10-26-11)9-20-4-6-21(7-5-20)27(24,25)13-2-3-14-15(8-13)17(23)19-16(14)22/h2-3,8,10H,4-7,9H2,1H3,(H,19,22,23). The predicted molar refractivity (Wildman–Crippen MR) is 99.1 cm³/mol. The van der Waals surface area contributed by atoms with Gasteiger partial charge in [-0.2, -0.15) is 4.31 Å². The third-order valence-corrected chi connectivity index (χ3v) is 7.45. The number of imide groups is 1. The van der Waals surface area contributed by atoms with Crippen molar-refractivity contribution < 1.29 is 18.0 Å². The number of amides is 2. The van der Waals surface area contributed by atoms with Crippen molar-refractivity contribution in [2.24, 2.45) is 0 Å². The van der Waals surface area contributed by atoms with Crippen molar-refractivity contribution in [2.75, 3.05) is 26.2 Å². The second-order valence-corrected chi connectivity index (χ2v) is 9.53. The maximum atomic E-state index is 12.9. The van der Waals surface area contributed by atoms with Crippen LogP contribution in [0.3, 0.4) is 0 Å². The van der Waals surface area contributed by atoms with Gasteiger partial charge in [0.05, 0.1) is 26.7 Å². The Labute approximate surface area is 160 Å². The van der Waals surface area contributed by atoms with Crippen LogP contribution < -0.4 is 5.32 Å². The van der Waals surface area contributed by atoms with Crippen molar-refractivity contribution in [3.05, 3.63) is 45.4 Å². The molecule has 27 heavy (non-hydrogen) atoms. The van der Waals surface area contributed by atoms with E-state index in [2.05, 4.69) is 15.2 Å². The van der Waals surface area contributed by atoms with E-state index in [1.165, 1.54) is 22.5 Å². The summed E-state index contributed by atoms with van der Waals surface area (Å²) in [6.45, 7) is 4.63. The molecule has 0 atom stereocenters. The second kappa shape index (κ2) is 6.79. The van der Waals surface area contributed by atoms with E-state index in [4.69, 9.17) is 0 Å². The van der Waals surface area contributed by atoms with Gasteiger partial charge in [-0.3, -0.25) is 19.8 Å². The van der Waals surface area contributed by atoms with E-state index in [1.54, 1.807) is 11.3 Å². The summed E-state index contributed by atoms with van der Waals surface area (Å²) in [5.74, 6) is -1.06. The maximum Gasteiger partial charge on any atom is 0.258 e. The lowest BCUT2D eigenvalue weighted by atomic mass is 10.1. The lowest BCUT2D eigenvalue weighted by Gasteiger charge is -2.33. The Kier molecular flexibility index (Phi) is 4.58. The van der Waals surface area contributed by atoms with Crippen LogP contribution in [0.1, 0.15) is 31.4 Å². The molecule has 1 fully saturated rings. The first kappa shape index (κ1) is 18.2. The molecule has 2 aliphatic heterocycles. The molecule has 2 aliphatic rings. The summed E-state index contributed by atoms with van der Waals surface area (Å²) in [7, 11) is -3.71. The maximum absolute atomic E-state index is 12.9. The first-order valence-corrected chi connectivity index (χ1v) is 10.8. The Morgan fingerprint density at radius 3 is 2.48 bits per heavy atom. The molecule has 3 heterocycles. The molecule has 0 spiro atoms. The van der Waals surface area contributed by atoms with Crippen LogP contribution in [0.5, 0.6) is 0 Å². The number of nitrogens with one attached hydrogen (secondary N) is 1. The van der Waals surface area contributed by atoms with Crippen LogP contribution in [0.4, 0.5) is 0 Å². The van der Waals surface area contributed by atoms with Crippen LogP contribution in [0, 0.1) is 6.92 Å². The number of fused-ring (bicyclic) bond motifs is 1. The zero-order valence-corrected chi connectivity index (χ0v) is 16.3. The molecule has 10 heteroatoms. The first-order chi connectivity index (χ1) is 12.8. The molecule has 0 unspecified atom stereocenters. The van der Waals surface area contributed by atoms with Crippen LogP contribution in [0.2, 0.25) is 0 Å². The third kappa shape index (κ3) is 3.41. The van der Waals surface area contributed by atoms with Crippen molar-refractivity contribution in [1.82, 2.24) is 19.5 Å². The summed E-state index contributed by atoms with van der Waals surface area (Å²) in [4.78, 5) is 30.1. The quantitative estimate of drug-likeness (QED) is 0.756. The average Bonchev–Trinajstić information content (AvgIpc) is 3.18. The number of hydrogen-bond donors (Lipinski definition) is 1. The summed E-state index contributed by atoms with van der Waals surface area (Å²) in [6.07, 6.45) is 0. The van der Waals surface area contributed by atoms with Gasteiger partial charge in [-0.25, -0.2) is 13.4 Å². The fraction of sp³-hybridized carbons (Fsp3) is 0.353. The summed E-state index contributed by atoms with van der Waals surface area (Å²) < 4.78 is 27.3. The highest BCUT2D eigenvalue weighted by Crippen LogP contribution is 2.24. The fourth-order valence-electron chi connectivity index (χ4n) is 3.29. The van der Waals surface area contributed by atoms with Crippen LogP contribution in [0.25, 0.3) is 0 Å². The van der Waals surface area contributed by atoms with E-state index >= 15 is 0 Å². The van der Waals surface area contributed by atoms with E-state index < -0.39 is 21.8 Å². The monoisotopic (exact) mass is 406 g/mol. The number of nitrogens with zero attached hydrogens (tertiary/aromatic N) is 3. The van der Waals surface area contributed by atoms with Crippen molar-refractivity contribution >= 4 is 33.2 Å². The van der Waals surface area contributed by atoms with Crippen molar-refractivity contribution in [2.45, 2.75) is 18.4 Å². The van der Waals surface area contributed by atoms with Crippen molar-refractivity contribution in [1.29, 1.82) is 0 Å². The topological polar surface area (TPSA) is 99.7 Å². The van der Waals surface area contributed by atoms with Gasteiger partial charge in [-0.05, 0) is 25.1 Å². The molecule has 0 saturated carbocycles.